The van der Waals surface area contributed by atoms with Gasteiger partial charge in [0.05, 0.1) is 10.5 Å². The van der Waals surface area contributed by atoms with E-state index in [1.54, 1.807) is 20.8 Å². The van der Waals surface area contributed by atoms with Gasteiger partial charge in [-0.15, -0.1) is 10.2 Å². The van der Waals surface area contributed by atoms with Gasteiger partial charge in [-0.05, 0) is 54.9 Å². The summed E-state index contributed by atoms with van der Waals surface area (Å²) in [4.78, 5) is -0.273. The number of hydrogen-bond acceptors (Lipinski definition) is 5. The summed E-state index contributed by atoms with van der Waals surface area (Å²) in [5, 5.41) is 7.85. The summed E-state index contributed by atoms with van der Waals surface area (Å²) in [5.74, 6) is 0.462. The van der Waals surface area contributed by atoms with E-state index in [0.717, 1.165) is 22.5 Å². The Morgan fingerprint density at radius 2 is 1.64 bits per heavy atom. The molecular formula is C17H21BrF3N3O3S. The molecule has 2 aromatic rings. The number of alkyl halides is 3. The van der Waals surface area contributed by atoms with Gasteiger partial charge in [-0.1, -0.05) is 13.8 Å². The molecule has 0 aliphatic heterocycles. The largest absolute Gasteiger partial charge is 0.423 e. The summed E-state index contributed by atoms with van der Waals surface area (Å²) >= 11 is 2.96. The van der Waals surface area contributed by atoms with E-state index in [9.17, 15) is 21.6 Å². The average molecular weight is 484 g/mol. The van der Waals surface area contributed by atoms with Crippen molar-refractivity contribution in [1.29, 1.82) is 0 Å². The molecule has 1 atom stereocenters. The molecule has 0 saturated carbocycles. The van der Waals surface area contributed by atoms with E-state index in [-0.39, 0.29) is 21.2 Å². The molecular weight excluding hydrogens is 463 g/mol. The van der Waals surface area contributed by atoms with Gasteiger partial charge in [0.25, 0.3) is 0 Å². The third kappa shape index (κ3) is 4.57. The Hall–Kier alpha value is -1.46. The van der Waals surface area contributed by atoms with Crippen LogP contribution in [-0.4, -0.2) is 29.0 Å². The van der Waals surface area contributed by atoms with Crippen molar-refractivity contribution >= 4 is 26.0 Å². The Morgan fingerprint density at radius 1 is 1.07 bits per heavy atom. The highest BCUT2D eigenvalue weighted by Crippen LogP contribution is 2.37. The van der Waals surface area contributed by atoms with Gasteiger partial charge in [0.2, 0.25) is 21.8 Å². The van der Waals surface area contributed by atoms with Gasteiger partial charge in [0, 0.05) is 16.4 Å². The maximum absolute atomic E-state index is 13.2. The zero-order valence-corrected chi connectivity index (χ0v) is 18.4. The average Bonchev–Trinajstić information content (AvgIpc) is 3.03. The number of nitrogens with zero attached hydrogens (tertiary/aromatic N) is 3. The summed E-state index contributed by atoms with van der Waals surface area (Å²) in [6.45, 7) is 8.63. The van der Waals surface area contributed by atoms with Gasteiger partial charge in [0.15, 0.2) is 0 Å². The van der Waals surface area contributed by atoms with Crippen LogP contribution in [-0.2, 0) is 16.2 Å². The molecule has 1 unspecified atom stereocenters. The summed E-state index contributed by atoms with van der Waals surface area (Å²) in [5.41, 5.74) is -0.944. The summed E-state index contributed by atoms with van der Waals surface area (Å²) < 4.78 is 71.7. The Balaban J connectivity index is 2.49. The molecule has 6 nitrogen and oxygen atoms in total. The maximum atomic E-state index is 13.2. The first-order chi connectivity index (χ1) is 12.8. The van der Waals surface area contributed by atoms with Gasteiger partial charge >= 0.3 is 6.18 Å². The monoisotopic (exact) mass is 483 g/mol. The molecule has 0 aliphatic rings. The second-order valence-electron chi connectivity index (χ2n) is 6.88. The van der Waals surface area contributed by atoms with Crippen LogP contribution in [0.15, 0.2) is 32.0 Å². The molecule has 2 rings (SSSR count). The first-order valence-corrected chi connectivity index (χ1v) is 10.7. The Labute approximate surface area is 170 Å². The zero-order chi connectivity index (χ0) is 21.4. The van der Waals surface area contributed by atoms with Crippen molar-refractivity contribution in [3.63, 3.8) is 0 Å². The molecule has 1 aromatic heterocycles. The lowest BCUT2D eigenvalue weighted by molar-refractivity contribution is -0.137. The number of rotatable bonds is 6. The predicted molar refractivity (Wildman–Crippen MR) is 100 cm³/mol. The lowest BCUT2D eigenvalue weighted by atomic mass is 10.2. The van der Waals surface area contributed by atoms with Gasteiger partial charge in [-0.3, -0.25) is 0 Å². The molecule has 28 heavy (non-hydrogen) atoms. The highest BCUT2D eigenvalue weighted by molar-refractivity contribution is 9.10. The van der Waals surface area contributed by atoms with Crippen molar-refractivity contribution in [2.45, 2.75) is 63.7 Å². The molecule has 0 saturated heterocycles. The number of hydrogen-bond donors (Lipinski definition) is 0. The first-order valence-electron chi connectivity index (χ1n) is 8.50. The lowest BCUT2D eigenvalue weighted by Gasteiger charge is -2.30. The molecule has 0 spiro atoms. The van der Waals surface area contributed by atoms with Gasteiger partial charge in [-0.25, -0.2) is 8.42 Å². The molecule has 1 heterocycles. The molecule has 1 aromatic carbocycles. The van der Waals surface area contributed by atoms with Crippen molar-refractivity contribution < 1.29 is 26.0 Å². The summed E-state index contributed by atoms with van der Waals surface area (Å²) in [6.07, 6.45) is -4.58. The van der Waals surface area contributed by atoms with E-state index >= 15 is 0 Å². The highest BCUT2D eigenvalue weighted by atomic mass is 79.9. The van der Waals surface area contributed by atoms with Crippen LogP contribution in [0.5, 0.6) is 0 Å². The minimum atomic E-state index is -4.58. The second-order valence-corrected chi connectivity index (χ2v) is 9.55. The van der Waals surface area contributed by atoms with Crippen LogP contribution >= 0.6 is 15.9 Å². The van der Waals surface area contributed by atoms with E-state index in [2.05, 4.69) is 26.1 Å². The molecule has 0 fully saturated rings. The van der Waals surface area contributed by atoms with Gasteiger partial charge in [0.1, 0.15) is 6.04 Å². The number of aromatic nitrogens is 2. The molecule has 0 amide bonds. The molecule has 0 N–H and O–H groups in total. The predicted octanol–water partition coefficient (Wildman–Crippen LogP) is 5.13. The Kier molecular flexibility index (Phi) is 6.61. The number of benzene rings is 1. The molecule has 0 aliphatic carbocycles. The van der Waals surface area contributed by atoms with Crippen molar-refractivity contribution in [3.8, 4) is 0 Å². The Bertz CT molecular complexity index is 943. The second kappa shape index (κ2) is 8.11. The van der Waals surface area contributed by atoms with E-state index in [4.69, 9.17) is 4.42 Å². The molecule has 0 radical (unpaired) electrons. The fourth-order valence-electron chi connectivity index (χ4n) is 2.69. The normalized spacial score (nSPS) is 14.3. The maximum Gasteiger partial charge on any atom is 0.416 e. The number of halogens is 4. The van der Waals surface area contributed by atoms with Crippen LogP contribution in [0.3, 0.4) is 0 Å². The standard InChI is InChI=1S/C17H21BrF3N3O3S/c1-9(2)15-22-23-16(27-15)11(5)24(10(3)4)28(25,26)14-7-6-12(8-13(14)18)17(19,20)21/h6-11H,1-5H3. The first kappa shape index (κ1) is 22.8. The van der Waals surface area contributed by atoms with Crippen LogP contribution < -0.4 is 0 Å². The third-order valence-electron chi connectivity index (χ3n) is 4.01. The topological polar surface area (TPSA) is 76.3 Å². The van der Waals surface area contributed by atoms with Crippen LogP contribution in [0, 0.1) is 0 Å². The van der Waals surface area contributed by atoms with Gasteiger partial charge in [-0.2, -0.15) is 17.5 Å². The lowest BCUT2D eigenvalue weighted by Crippen LogP contribution is -2.39. The van der Waals surface area contributed by atoms with Crippen LogP contribution in [0.4, 0.5) is 13.2 Å². The van der Waals surface area contributed by atoms with Crippen molar-refractivity contribution in [1.82, 2.24) is 14.5 Å². The van der Waals surface area contributed by atoms with Crippen LogP contribution in [0.2, 0.25) is 0 Å². The van der Waals surface area contributed by atoms with Gasteiger partial charge < -0.3 is 4.42 Å². The smallest absolute Gasteiger partial charge is 0.416 e. The Morgan fingerprint density at radius 3 is 2.07 bits per heavy atom. The fourth-order valence-corrected chi connectivity index (χ4v) is 5.52. The molecule has 11 heteroatoms. The summed E-state index contributed by atoms with van der Waals surface area (Å²) in [7, 11) is -4.16. The minimum absolute atomic E-state index is 0.0263. The van der Waals surface area contributed by atoms with Crippen molar-refractivity contribution in [2.24, 2.45) is 0 Å². The van der Waals surface area contributed by atoms with E-state index in [1.807, 2.05) is 13.8 Å². The van der Waals surface area contributed by atoms with E-state index in [1.165, 1.54) is 0 Å². The van der Waals surface area contributed by atoms with Crippen LogP contribution in [0.1, 0.15) is 63.9 Å². The fraction of sp³-hybridized carbons (Fsp3) is 0.529. The molecule has 156 valence electrons. The van der Waals surface area contributed by atoms with E-state index < -0.39 is 33.8 Å². The quantitative estimate of drug-likeness (QED) is 0.568. The minimum Gasteiger partial charge on any atom is -0.423 e. The third-order valence-corrected chi connectivity index (χ3v) is 7.14. The number of sulfonamides is 1. The van der Waals surface area contributed by atoms with Crippen molar-refractivity contribution in [3.05, 3.63) is 40.0 Å². The summed E-state index contributed by atoms with van der Waals surface area (Å²) in [6, 6.07) is 1.12. The van der Waals surface area contributed by atoms with Crippen LogP contribution in [0.25, 0.3) is 0 Å². The molecule has 0 bridgehead atoms. The zero-order valence-electron chi connectivity index (χ0n) is 16.0. The van der Waals surface area contributed by atoms with Crippen molar-refractivity contribution in [2.75, 3.05) is 0 Å². The highest BCUT2D eigenvalue weighted by Gasteiger charge is 2.38. The van der Waals surface area contributed by atoms with E-state index in [0.29, 0.717) is 5.89 Å². The SMILES string of the molecule is CC(C)c1nnc(C(C)N(C(C)C)S(=O)(=O)c2ccc(C(F)(F)F)cc2Br)o1.